The van der Waals surface area contributed by atoms with Gasteiger partial charge in [-0.25, -0.2) is 0 Å². The van der Waals surface area contributed by atoms with Gasteiger partial charge in [-0.2, -0.15) is 0 Å². The number of carbonyl (C=O) groups excluding carboxylic acids is 2. The zero-order chi connectivity index (χ0) is 18.8. The molecule has 0 aliphatic carbocycles. The summed E-state index contributed by atoms with van der Waals surface area (Å²) in [5.74, 6) is 0.735. The topological polar surface area (TPSA) is 67.9 Å². The molecule has 0 unspecified atom stereocenters. The van der Waals surface area contributed by atoms with Gasteiger partial charge in [-0.15, -0.1) is 0 Å². The second kappa shape index (κ2) is 10.1. The summed E-state index contributed by atoms with van der Waals surface area (Å²) in [4.78, 5) is 26.0. The molecule has 6 heteroatoms. The van der Waals surface area contributed by atoms with Crippen LogP contribution in [0.4, 0.5) is 0 Å². The van der Waals surface area contributed by atoms with Gasteiger partial charge < -0.3 is 19.7 Å². The maximum Gasteiger partial charge on any atom is 0.255 e. The number of hydrogen-bond acceptors (Lipinski definition) is 4. The van der Waals surface area contributed by atoms with E-state index in [2.05, 4.69) is 5.32 Å². The number of nitrogens with one attached hydrogen (secondary N) is 1. The first kappa shape index (κ1) is 19.3. The van der Waals surface area contributed by atoms with Crippen molar-refractivity contribution in [3.05, 3.63) is 60.2 Å². The molecule has 2 aromatic carbocycles. The number of para-hydroxylation sites is 2. The van der Waals surface area contributed by atoms with Crippen LogP contribution in [0.3, 0.4) is 0 Å². The summed E-state index contributed by atoms with van der Waals surface area (Å²) in [7, 11) is 1.68. The van der Waals surface area contributed by atoms with Crippen LogP contribution in [0.5, 0.6) is 11.5 Å². The lowest BCUT2D eigenvalue weighted by molar-refractivity contribution is -0.129. The first-order valence-electron chi connectivity index (χ1n) is 8.53. The molecule has 0 aromatic heterocycles. The van der Waals surface area contributed by atoms with Crippen LogP contribution in [0.2, 0.25) is 0 Å². The first-order valence-corrected chi connectivity index (χ1v) is 8.53. The predicted molar refractivity (Wildman–Crippen MR) is 99.5 cm³/mol. The largest absolute Gasteiger partial charge is 0.493 e. The third-order valence-corrected chi connectivity index (χ3v) is 3.70. The molecule has 2 amide bonds. The van der Waals surface area contributed by atoms with Crippen LogP contribution in [0.1, 0.15) is 17.3 Å². The van der Waals surface area contributed by atoms with E-state index in [1.807, 2.05) is 37.3 Å². The van der Waals surface area contributed by atoms with Crippen LogP contribution >= 0.6 is 0 Å². The highest BCUT2D eigenvalue weighted by Crippen LogP contribution is 2.17. The Balaban J connectivity index is 1.77. The molecule has 2 aromatic rings. The average molecular weight is 356 g/mol. The molecule has 0 radical (unpaired) electrons. The van der Waals surface area contributed by atoms with Gasteiger partial charge in [0.15, 0.2) is 0 Å². The summed E-state index contributed by atoms with van der Waals surface area (Å²) in [6.45, 7) is 3.05. The van der Waals surface area contributed by atoms with Crippen molar-refractivity contribution < 1.29 is 19.1 Å². The van der Waals surface area contributed by atoms with E-state index in [9.17, 15) is 9.59 Å². The van der Waals surface area contributed by atoms with Crippen LogP contribution in [-0.4, -0.2) is 50.1 Å². The van der Waals surface area contributed by atoms with Crippen molar-refractivity contribution in [3.8, 4) is 11.5 Å². The fraction of sp³-hybridized carbons (Fsp3) is 0.300. The maximum atomic E-state index is 12.3. The number of rotatable bonds is 9. The standard InChI is InChI=1S/C20H24N2O4/c1-3-25-18-12-8-7-11-17(18)20(24)21-15-19(23)22(2)13-14-26-16-9-5-4-6-10-16/h4-12H,3,13-15H2,1-2H3,(H,21,24). The van der Waals surface area contributed by atoms with E-state index in [0.29, 0.717) is 31.1 Å². The number of likely N-dealkylation sites (N-methyl/N-ethyl adjacent to an activating group) is 1. The molecule has 0 spiro atoms. The van der Waals surface area contributed by atoms with E-state index in [-0.39, 0.29) is 18.4 Å². The van der Waals surface area contributed by atoms with Gasteiger partial charge in [0.1, 0.15) is 18.1 Å². The van der Waals surface area contributed by atoms with Crippen molar-refractivity contribution in [1.82, 2.24) is 10.2 Å². The number of ether oxygens (including phenoxy) is 2. The molecule has 6 nitrogen and oxygen atoms in total. The highest BCUT2D eigenvalue weighted by Gasteiger charge is 2.14. The Morgan fingerprint density at radius 1 is 1.00 bits per heavy atom. The molecular formula is C20H24N2O4. The number of carbonyl (C=O) groups is 2. The highest BCUT2D eigenvalue weighted by molar-refractivity contribution is 5.98. The Morgan fingerprint density at radius 3 is 2.42 bits per heavy atom. The lowest BCUT2D eigenvalue weighted by Gasteiger charge is -2.18. The molecule has 1 N–H and O–H groups in total. The molecule has 0 bridgehead atoms. The van der Waals surface area contributed by atoms with Crippen molar-refractivity contribution in [2.45, 2.75) is 6.92 Å². The Hall–Kier alpha value is -3.02. The molecule has 0 heterocycles. The van der Waals surface area contributed by atoms with Gasteiger partial charge in [0.2, 0.25) is 5.91 Å². The summed E-state index contributed by atoms with van der Waals surface area (Å²) in [5.41, 5.74) is 0.414. The van der Waals surface area contributed by atoms with E-state index in [4.69, 9.17) is 9.47 Å². The number of benzene rings is 2. The van der Waals surface area contributed by atoms with Gasteiger partial charge in [-0.1, -0.05) is 30.3 Å². The molecule has 0 saturated carbocycles. The Bertz CT molecular complexity index is 719. The minimum Gasteiger partial charge on any atom is -0.493 e. The third-order valence-electron chi connectivity index (χ3n) is 3.70. The van der Waals surface area contributed by atoms with Crippen molar-refractivity contribution in [2.24, 2.45) is 0 Å². The Kier molecular flexibility index (Phi) is 7.49. The zero-order valence-electron chi connectivity index (χ0n) is 15.1. The number of amides is 2. The summed E-state index contributed by atoms with van der Waals surface area (Å²) in [6.07, 6.45) is 0. The van der Waals surface area contributed by atoms with E-state index in [0.717, 1.165) is 5.75 Å². The van der Waals surface area contributed by atoms with Gasteiger partial charge in [-0.05, 0) is 31.2 Å². The van der Waals surface area contributed by atoms with Crippen molar-refractivity contribution >= 4 is 11.8 Å². The Morgan fingerprint density at radius 2 is 1.69 bits per heavy atom. The van der Waals surface area contributed by atoms with Crippen molar-refractivity contribution in [3.63, 3.8) is 0 Å². The molecular weight excluding hydrogens is 332 g/mol. The van der Waals surface area contributed by atoms with Crippen LogP contribution in [-0.2, 0) is 4.79 Å². The zero-order valence-corrected chi connectivity index (χ0v) is 15.1. The second-order valence-electron chi connectivity index (χ2n) is 5.59. The lowest BCUT2D eigenvalue weighted by Crippen LogP contribution is -2.39. The van der Waals surface area contributed by atoms with Crippen molar-refractivity contribution in [1.29, 1.82) is 0 Å². The minimum absolute atomic E-state index is 0.0822. The van der Waals surface area contributed by atoms with Gasteiger partial charge in [0, 0.05) is 7.05 Å². The Labute approximate surface area is 153 Å². The van der Waals surface area contributed by atoms with E-state index in [1.165, 1.54) is 4.90 Å². The van der Waals surface area contributed by atoms with Crippen LogP contribution in [0.15, 0.2) is 54.6 Å². The molecule has 0 aliphatic heterocycles. The summed E-state index contributed by atoms with van der Waals surface area (Å²) < 4.78 is 11.0. The monoisotopic (exact) mass is 356 g/mol. The fourth-order valence-corrected chi connectivity index (χ4v) is 2.26. The van der Waals surface area contributed by atoms with E-state index < -0.39 is 0 Å². The number of nitrogens with zero attached hydrogens (tertiary/aromatic N) is 1. The van der Waals surface area contributed by atoms with Crippen LogP contribution in [0, 0.1) is 0 Å². The average Bonchev–Trinajstić information content (AvgIpc) is 2.67. The van der Waals surface area contributed by atoms with Crippen molar-refractivity contribution in [2.75, 3.05) is 33.4 Å². The maximum absolute atomic E-state index is 12.3. The van der Waals surface area contributed by atoms with Gasteiger partial charge in [-0.3, -0.25) is 9.59 Å². The van der Waals surface area contributed by atoms with E-state index >= 15 is 0 Å². The third kappa shape index (κ3) is 5.81. The molecule has 0 atom stereocenters. The summed E-state index contributed by atoms with van der Waals surface area (Å²) >= 11 is 0. The second-order valence-corrected chi connectivity index (χ2v) is 5.59. The predicted octanol–water partition coefficient (Wildman–Crippen LogP) is 2.35. The molecule has 2 rings (SSSR count). The highest BCUT2D eigenvalue weighted by atomic mass is 16.5. The minimum atomic E-state index is -0.337. The van der Waals surface area contributed by atoms with E-state index in [1.54, 1.807) is 31.3 Å². The SMILES string of the molecule is CCOc1ccccc1C(=O)NCC(=O)N(C)CCOc1ccccc1. The van der Waals surface area contributed by atoms with Crippen LogP contribution < -0.4 is 14.8 Å². The van der Waals surface area contributed by atoms with Gasteiger partial charge in [0.05, 0.1) is 25.3 Å². The van der Waals surface area contributed by atoms with Gasteiger partial charge in [0.25, 0.3) is 5.91 Å². The summed E-state index contributed by atoms with van der Waals surface area (Å²) in [5, 5.41) is 2.64. The molecule has 0 fully saturated rings. The molecule has 0 saturated heterocycles. The quantitative estimate of drug-likeness (QED) is 0.749. The smallest absolute Gasteiger partial charge is 0.255 e. The molecule has 138 valence electrons. The van der Waals surface area contributed by atoms with Crippen LogP contribution in [0.25, 0.3) is 0 Å². The van der Waals surface area contributed by atoms with Gasteiger partial charge >= 0.3 is 0 Å². The normalized spacial score (nSPS) is 10.1. The lowest BCUT2D eigenvalue weighted by atomic mass is 10.2. The molecule has 26 heavy (non-hydrogen) atoms. The summed E-state index contributed by atoms with van der Waals surface area (Å²) in [6, 6.07) is 16.4. The molecule has 0 aliphatic rings. The first-order chi connectivity index (χ1) is 12.6. The fourth-order valence-electron chi connectivity index (χ4n) is 2.26. The number of hydrogen-bond donors (Lipinski definition) is 1.